The van der Waals surface area contributed by atoms with Gasteiger partial charge in [-0.3, -0.25) is 4.79 Å². The Morgan fingerprint density at radius 1 is 1.16 bits per heavy atom. The van der Waals surface area contributed by atoms with Gasteiger partial charge in [0.05, 0.1) is 24.3 Å². The number of hydrogen-bond donors (Lipinski definition) is 1. The Balaban J connectivity index is 1.48. The van der Waals surface area contributed by atoms with Crippen LogP contribution in [0.5, 0.6) is 11.5 Å². The quantitative estimate of drug-likeness (QED) is 0.478. The molecule has 0 bridgehead atoms. The van der Waals surface area contributed by atoms with Gasteiger partial charge in [-0.1, -0.05) is 11.6 Å². The van der Waals surface area contributed by atoms with Crippen molar-refractivity contribution in [2.75, 3.05) is 25.3 Å². The van der Waals surface area contributed by atoms with E-state index in [1.165, 1.54) is 23.5 Å². The van der Waals surface area contributed by atoms with Crippen LogP contribution in [0, 0.1) is 6.92 Å². The monoisotopic (exact) mass is 460 g/mol. The van der Waals surface area contributed by atoms with Gasteiger partial charge in [0.1, 0.15) is 11.5 Å². The third kappa shape index (κ3) is 6.28. The number of ether oxygens (including phenoxy) is 2. The highest BCUT2D eigenvalue weighted by molar-refractivity contribution is 7.90. The van der Waals surface area contributed by atoms with Crippen LogP contribution < -0.4 is 14.8 Å². The topological polar surface area (TPSA) is 94.6 Å². The predicted molar refractivity (Wildman–Crippen MR) is 122 cm³/mol. The van der Waals surface area contributed by atoms with Gasteiger partial charge in [-0.25, -0.2) is 13.4 Å². The maximum atomic E-state index is 12.2. The maximum absolute atomic E-state index is 12.2. The minimum Gasteiger partial charge on any atom is -0.496 e. The van der Waals surface area contributed by atoms with E-state index in [4.69, 9.17) is 9.47 Å². The molecule has 0 unspecified atom stereocenters. The summed E-state index contributed by atoms with van der Waals surface area (Å²) in [6, 6.07) is 12.1. The van der Waals surface area contributed by atoms with Gasteiger partial charge in [0, 0.05) is 23.6 Å². The molecule has 0 atom stereocenters. The molecule has 0 aliphatic rings. The van der Waals surface area contributed by atoms with Gasteiger partial charge in [0.2, 0.25) is 5.91 Å². The number of aromatic nitrogens is 1. The van der Waals surface area contributed by atoms with E-state index in [1.807, 2.05) is 30.5 Å². The largest absolute Gasteiger partial charge is 0.496 e. The minimum absolute atomic E-state index is 0.145. The van der Waals surface area contributed by atoms with Gasteiger partial charge in [-0.05, 0) is 49.7 Å². The number of amides is 1. The average Bonchev–Trinajstić information content (AvgIpc) is 3.19. The fraction of sp³-hybridized carbons (Fsp3) is 0.273. The van der Waals surface area contributed by atoms with E-state index < -0.39 is 9.84 Å². The molecule has 1 heterocycles. The molecule has 1 aromatic heterocycles. The van der Waals surface area contributed by atoms with Crippen molar-refractivity contribution in [2.24, 2.45) is 0 Å². The van der Waals surface area contributed by atoms with Crippen molar-refractivity contribution in [1.29, 1.82) is 0 Å². The summed E-state index contributed by atoms with van der Waals surface area (Å²) in [6.07, 6.45) is 1.96. The lowest BCUT2D eigenvalue weighted by Gasteiger charge is -2.07. The molecule has 0 saturated carbocycles. The number of benzene rings is 2. The molecular formula is C22H24N2O5S2. The fourth-order valence-electron chi connectivity index (χ4n) is 2.86. The summed E-state index contributed by atoms with van der Waals surface area (Å²) in [4.78, 5) is 17.0. The van der Waals surface area contributed by atoms with Gasteiger partial charge in [-0.2, -0.15) is 0 Å². The van der Waals surface area contributed by atoms with Crippen LogP contribution in [0.2, 0.25) is 0 Å². The molecule has 7 nitrogen and oxygen atoms in total. The summed E-state index contributed by atoms with van der Waals surface area (Å²) in [5, 5.41) is 5.23. The zero-order valence-electron chi connectivity index (χ0n) is 17.5. The van der Waals surface area contributed by atoms with Crippen LogP contribution in [0.1, 0.15) is 18.4 Å². The van der Waals surface area contributed by atoms with Gasteiger partial charge in [0.15, 0.2) is 15.0 Å². The number of sulfone groups is 1. The number of carbonyl (C=O) groups excluding carboxylic acids is 1. The Morgan fingerprint density at radius 3 is 2.58 bits per heavy atom. The van der Waals surface area contributed by atoms with Gasteiger partial charge in [0.25, 0.3) is 0 Å². The average molecular weight is 461 g/mol. The number of anilines is 1. The standard InChI is InChI=1S/C22H24N2O5S2/c1-15-6-11-20(28-2)18(13-15)19-14-30-22(23-19)24-21(25)5-4-12-29-16-7-9-17(10-8-16)31(3,26)27/h6-11,13-14H,4-5,12H2,1-3H3,(H,23,24,25). The Morgan fingerprint density at radius 2 is 1.90 bits per heavy atom. The van der Waals surface area contributed by atoms with E-state index in [9.17, 15) is 13.2 Å². The van der Waals surface area contributed by atoms with E-state index in [0.29, 0.717) is 23.9 Å². The minimum atomic E-state index is -3.23. The van der Waals surface area contributed by atoms with Crippen LogP contribution >= 0.6 is 11.3 Å². The third-order valence-electron chi connectivity index (χ3n) is 4.45. The second-order valence-corrected chi connectivity index (χ2v) is 9.86. The Labute approximate surface area is 186 Å². The van der Waals surface area contributed by atoms with E-state index in [-0.39, 0.29) is 17.2 Å². The molecule has 0 fully saturated rings. The molecule has 2 aromatic carbocycles. The molecule has 0 spiro atoms. The summed E-state index contributed by atoms with van der Waals surface area (Å²) in [7, 11) is -1.61. The second-order valence-electron chi connectivity index (χ2n) is 6.99. The van der Waals surface area contributed by atoms with Crippen LogP contribution in [0.25, 0.3) is 11.3 Å². The first-order valence-corrected chi connectivity index (χ1v) is 12.4. The molecule has 0 saturated heterocycles. The lowest BCUT2D eigenvalue weighted by Crippen LogP contribution is -2.12. The molecule has 3 aromatic rings. The third-order valence-corrected chi connectivity index (χ3v) is 6.34. The first-order valence-electron chi connectivity index (χ1n) is 9.59. The van der Waals surface area contributed by atoms with E-state index >= 15 is 0 Å². The molecule has 164 valence electrons. The number of rotatable bonds is 9. The van der Waals surface area contributed by atoms with Crippen LogP contribution in [0.4, 0.5) is 5.13 Å². The number of nitrogens with zero attached hydrogens (tertiary/aromatic N) is 1. The van der Waals surface area contributed by atoms with Gasteiger partial charge < -0.3 is 14.8 Å². The van der Waals surface area contributed by atoms with E-state index in [2.05, 4.69) is 10.3 Å². The number of aryl methyl sites for hydroxylation is 1. The number of thiazole rings is 1. The van der Waals surface area contributed by atoms with Crippen molar-refractivity contribution in [1.82, 2.24) is 4.98 Å². The van der Waals surface area contributed by atoms with Crippen molar-refractivity contribution in [3.8, 4) is 22.8 Å². The van der Waals surface area contributed by atoms with Crippen molar-refractivity contribution in [3.05, 3.63) is 53.4 Å². The first-order chi connectivity index (χ1) is 14.8. The van der Waals surface area contributed by atoms with Crippen molar-refractivity contribution in [3.63, 3.8) is 0 Å². The lowest BCUT2D eigenvalue weighted by atomic mass is 10.1. The Kier molecular flexibility index (Phi) is 7.29. The smallest absolute Gasteiger partial charge is 0.226 e. The summed E-state index contributed by atoms with van der Waals surface area (Å²) >= 11 is 1.36. The maximum Gasteiger partial charge on any atom is 0.226 e. The van der Waals surface area contributed by atoms with Crippen molar-refractivity contribution in [2.45, 2.75) is 24.7 Å². The van der Waals surface area contributed by atoms with Gasteiger partial charge in [-0.15, -0.1) is 11.3 Å². The molecule has 9 heteroatoms. The van der Waals surface area contributed by atoms with E-state index in [0.717, 1.165) is 28.8 Å². The summed E-state index contributed by atoms with van der Waals surface area (Å²) in [5.74, 6) is 1.15. The highest BCUT2D eigenvalue weighted by Crippen LogP contribution is 2.33. The molecule has 1 amide bonds. The second kappa shape index (κ2) is 9.93. The fourth-order valence-corrected chi connectivity index (χ4v) is 4.22. The number of hydrogen-bond acceptors (Lipinski definition) is 7. The number of carbonyl (C=O) groups is 1. The zero-order valence-corrected chi connectivity index (χ0v) is 19.2. The van der Waals surface area contributed by atoms with Crippen LogP contribution in [-0.2, 0) is 14.6 Å². The van der Waals surface area contributed by atoms with Crippen LogP contribution in [-0.4, -0.2) is 39.3 Å². The lowest BCUT2D eigenvalue weighted by molar-refractivity contribution is -0.116. The Bertz CT molecular complexity index is 1150. The molecule has 0 aliphatic carbocycles. The molecule has 0 aliphatic heterocycles. The first kappa shape index (κ1) is 22.8. The summed E-state index contributed by atoms with van der Waals surface area (Å²) in [5.41, 5.74) is 2.73. The highest BCUT2D eigenvalue weighted by Gasteiger charge is 2.12. The normalized spacial score (nSPS) is 11.2. The molecule has 1 N–H and O–H groups in total. The summed E-state index contributed by atoms with van der Waals surface area (Å²) in [6.45, 7) is 2.34. The Hall–Kier alpha value is -2.91. The predicted octanol–water partition coefficient (Wildman–Crippen LogP) is 4.33. The number of nitrogens with one attached hydrogen (secondary N) is 1. The molecule has 3 rings (SSSR count). The van der Waals surface area contributed by atoms with Crippen LogP contribution in [0.3, 0.4) is 0 Å². The highest BCUT2D eigenvalue weighted by atomic mass is 32.2. The van der Waals surface area contributed by atoms with E-state index in [1.54, 1.807) is 19.2 Å². The molecule has 31 heavy (non-hydrogen) atoms. The number of methoxy groups -OCH3 is 1. The summed E-state index contributed by atoms with van der Waals surface area (Å²) < 4.78 is 33.9. The SMILES string of the molecule is COc1ccc(C)cc1-c1csc(NC(=O)CCCOc2ccc(S(C)(=O)=O)cc2)n1. The van der Waals surface area contributed by atoms with Crippen molar-refractivity contribution < 1.29 is 22.7 Å². The zero-order chi connectivity index (χ0) is 22.4. The van der Waals surface area contributed by atoms with Crippen LogP contribution in [0.15, 0.2) is 52.7 Å². The van der Waals surface area contributed by atoms with Gasteiger partial charge >= 0.3 is 0 Å². The van der Waals surface area contributed by atoms with Crippen molar-refractivity contribution >= 4 is 32.2 Å². The molecule has 0 radical (unpaired) electrons. The molecular weight excluding hydrogens is 436 g/mol.